The van der Waals surface area contributed by atoms with Crippen molar-refractivity contribution in [3.05, 3.63) is 22.2 Å². The summed E-state index contributed by atoms with van der Waals surface area (Å²) < 4.78 is 5.20. The largest absolute Gasteiger partial charge is 0.507 e. The van der Waals surface area contributed by atoms with Crippen LogP contribution in [0, 0.1) is 6.92 Å². The third kappa shape index (κ3) is 2.17. The first-order chi connectivity index (χ1) is 8.49. The van der Waals surface area contributed by atoms with E-state index < -0.39 is 5.54 Å². The number of phenolic OH excluding ortho intramolecular Hbond substituents is 1. The highest BCUT2D eigenvalue weighted by Crippen LogP contribution is 2.45. The van der Waals surface area contributed by atoms with Crippen molar-refractivity contribution in [2.24, 2.45) is 5.73 Å². The zero-order chi connectivity index (χ0) is 13.3. The maximum Gasteiger partial charge on any atom is 0.144 e. The van der Waals surface area contributed by atoms with Gasteiger partial charge in [-0.1, -0.05) is 30.9 Å². The Kier molecular flexibility index (Phi) is 3.74. The monoisotopic (exact) mass is 269 g/mol. The van der Waals surface area contributed by atoms with Crippen LogP contribution >= 0.6 is 11.6 Å². The molecular formula is C14H20ClNO2. The molecule has 18 heavy (non-hydrogen) atoms. The lowest BCUT2D eigenvalue weighted by atomic mass is 9.76. The van der Waals surface area contributed by atoms with E-state index in [2.05, 4.69) is 0 Å². The van der Waals surface area contributed by atoms with Gasteiger partial charge in [0.05, 0.1) is 12.1 Å². The molecule has 0 atom stereocenters. The van der Waals surface area contributed by atoms with E-state index in [9.17, 15) is 5.11 Å². The molecule has 1 aromatic rings. The standard InChI is InChI=1S/C14H20ClNO2/c1-9-12(17)10(8-11(15)13(9)18-2)14(16)6-4-3-5-7-14/h8,17H,3-7,16H2,1-2H3. The van der Waals surface area contributed by atoms with Crippen LogP contribution in [0.25, 0.3) is 0 Å². The summed E-state index contributed by atoms with van der Waals surface area (Å²) in [6, 6.07) is 1.76. The van der Waals surface area contributed by atoms with Gasteiger partial charge < -0.3 is 15.6 Å². The first-order valence-electron chi connectivity index (χ1n) is 6.35. The molecule has 3 nitrogen and oxygen atoms in total. The SMILES string of the molecule is COc1c(Cl)cc(C2(N)CCCCC2)c(O)c1C. The number of benzene rings is 1. The van der Waals surface area contributed by atoms with Gasteiger partial charge in [0, 0.05) is 16.7 Å². The smallest absolute Gasteiger partial charge is 0.144 e. The molecule has 0 saturated heterocycles. The molecule has 1 aromatic carbocycles. The highest BCUT2D eigenvalue weighted by Gasteiger charge is 2.33. The Labute approximate surface area is 113 Å². The quantitative estimate of drug-likeness (QED) is 0.864. The third-order valence-electron chi connectivity index (χ3n) is 3.93. The van der Waals surface area contributed by atoms with Crippen LogP contribution in [0.2, 0.25) is 5.02 Å². The van der Waals surface area contributed by atoms with Gasteiger partial charge in [-0.3, -0.25) is 0 Å². The summed E-state index contributed by atoms with van der Waals surface area (Å²) in [4.78, 5) is 0. The minimum absolute atomic E-state index is 0.223. The molecule has 1 saturated carbocycles. The van der Waals surface area contributed by atoms with Crippen molar-refractivity contribution < 1.29 is 9.84 Å². The predicted octanol–water partition coefficient (Wildman–Crippen LogP) is 3.48. The van der Waals surface area contributed by atoms with Crippen molar-refractivity contribution in [2.75, 3.05) is 7.11 Å². The van der Waals surface area contributed by atoms with Crippen molar-refractivity contribution in [2.45, 2.75) is 44.6 Å². The van der Waals surface area contributed by atoms with Gasteiger partial charge in [-0.15, -0.1) is 0 Å². The average Bonchev–Trinajstić information content (AvgIpc) is 2.35. The van der Waals surface area contributed by atoms with Crippen LogP contribution in [0.5, 0.6) is 11.5 Å². The molecule has 2 rings (SSSR count). The summed E-state index contributed by atoms with van der Waals surface area (Å²) in [5, 5.41) is 10.8. The molecule has 1 fully saturated rings. The summed E-state index contributed by atoms with van der Waals surface area (Å²) in [5.41, 5.74) is 7.41. The summed E-state index contributed by atoms with van der Waals surface area (Å²) in [6.45, 7) is 1.80. The fraction of sp³-hybridized carbons (Fsp3) is 0.571. The Hall–Kier alpha value is -0.930. The van der Waals surface area contributed by atoms with Gasteiger partial charge in [0.2, 0.25) is 0 Å². The fourth-order valence-corrected chi connectivity index (χ4v) is 3.16. The highest BCUT2D eigenvalue weighted by atomic mass is 35.5. The number of ether oxygens (including phenoxy) is 1. The maximum atomic E-state index is 10.3. The van der Waals surface area contributed by atoms with Crippen LogP contribution in [0.15, 0.2) is 6.07 Å². The second-order valence-corrected chi connectivity index (χ2v) is 5.54. The van der Waals surface area contributed by atoms with E-state index in [1.165, 1.54) is 6.42 Å². The average molecular weight is 270 g/mol. The Morgan fingerprint density at radius 3 is 2.50 bits per heavy atom. The number of nitrogens with two attached hydrogens (primary N) is 1. The summed E-state index contributed by atoms with van der Waals surface area (Å²) >= 11 is 6.20. The van der Waals surface area contributed by atoms with Crippen molar-refractivity contribution in [3.63, 3.8) is 0 Å². The number of phenols is 1. The van der Waals surface area contributed by atoms with E-state index in [4.69, 9.17) is 22.1 Å². The molecule has 0 aliphatic heterocycles. The van der Waals surface area contributed by atoms with Crippen molar-refractivity contribution in [3.8, 4) is 11.5 Å². The normalized spacial score (nSPS) is 18.7. The van der Waals surface area contributed by atoms with E-state index >= 15 is 0 Å². The molecule has 1 aliphatic carbocycles. The van der Waals surface area contributed by atoms with Gasteiger partial charge >= 0.3 is 0 Å². The number of aromatic hydroxyl groups is 1. The van der Waals surface area contributed by atoms with Gasteiger partial charge in [-0.05, 0) is 25.8 Å². The highest BCUT2D eigenvalue weighted by molar-refractivity contribution is 6.32. The lowest BCUT2D eigenvalue weighted by Gasteiger charge is -2.35. The van der Waals surface area contributed by atoms with Crippen LogP contribution in [0.4, 0.5) is 0 Å². The maximum absolute atomic E-state index is 10.3. The third-order valence-corrected chi connectivity index (χ3v) is 4.21. The molecule has 100 valence electrons. The van der Waals surface area contributed by atoms with Crippen LogP contribution in [0.1, 0.15) is 43.2 Å². The lowest BCUT2D eigenvalue weighted by molar-refractivity contribution is 0.290. The van der Waals surface area contributed by atoms with E-state index in [1.54, 1.807) is 20.1 Å². The predicted molar refractivity (Wildman–Crippen MR) is 73.4 cm³/mol. The van der Waals surface area contributed by atoms with Gasteiger partial charge in [-0.2, -0.15) is 0 Å². The van der Waals surface area contributed by atoms with E-state index in [1.807, 2.05) is 0 Å². The van der Waals surface area contributed by atoms with Crippen LogP contribution < -0.4 is 10.5 Å². The Balaban J connectivity index is 2.51. The molecular weight excluding hydrogens is 250 g/mol. The number of methoxy groups -OCH3 is 1. The van der Waals surface area contributed by atoms with Gasteiger partial charge in [-0.25, -0.2) is 0 Å². The molecule has 0 bridgehead atoms. The zero-order valence-electron chi connectivity index (χ0n) is 10.9. The Morgan fingerprint density at radius 1 is 1.33 bits per heavy atom. The van der Waals surface area contributed by atoms with E-state index in [0.29, 0.717) is 16.3 Å². The topological polar surface area (TPSA) is 55.5 Å². The van der Waals surface area contributed by atoms with E-state index in [-0.39, 0.29) is 5.75 Å². The molecule has 0 aromatic heterocycles. The molecule has 0 spiro atoms. The number of halogens is 1. The minimum atomic E-state index is -0.455. The summed E-state index contributed by atoms with van der Waals surface area (Å²) in [7, 11) is 1.55. The molecule has 1 aliphatic rings. The van der Waals surface area contributed by atoms with Crippen LogP contribution in [-0.2, 0) is 5.54 Å². The first-order valence-corrected chi connectivity index (χ1v) is 6.73. The molecule has 0 heterocycles. The first kappa shape index (κ1) is 13.5. The van der Waals surface area contributed by atoms with Crippen molar-refractivity contribution in [1.29, 1.82) is 0 Å². The van der Waals surface area contributed by atoms with Gasteiger partial charge in [0.15, 0.2) is 0 Å². The number of hydrogen-bond acceptors (Lipinski definition) is 3. The lowest BCUT2D eigenvalue weighted by Crippen LogP contribution is -2.38. The van der Waals surface area contributed by atoms with Crippen molar-refractivity contribution in [1.82, 2.24) is 0 Å². The Morgan fingerprint density at radius 2 is 1.94 bits per heavy atom. The number of rotatable bonds is 2. The van der Waals surface area contributed by atoms with E-state index in [0.717, 1.165) is 31.2 Å². The second-order valence-electron chi connectivity index (χ2n) is 5.13. The fourth-order valence-electron chi connectivity index (χ4n) is 2.83. The van der Waals surface area contributed by atoms with Gasteiger partial charge in [0.1, 0.15) is 11.5 Å². The van der Waals surface area contributed by atoms with Crippen molar-refractivity contribution >= 4 is 11.6 Å². The molecule has 3 N–H and O–H groups in total. The van der Waals surface area contributed by atoms with Crippen LogP contribution in [-0.4, -0.2) is 12.2 Å². The van der Waals surface area contributed by atoms with Gasteiger partial charge in [0.25, 0.3) is 0 Å². The number of hydrogen-bond donors (Lipinski definition) is 2. The summed E-state index contributed by atoms with van der Waals surface area (Å²) in [5.74, 6) is 0.748. The molecule has 4 heteroatoms. The Bertz CT molecular complexity index is 454. The molecule has 0 radical (unpaired) electrons. The zero-order valence-corrected chi connectivity index (χ0v) is 11.7. The summed E-state index contributed by atoms with van der Waals surface area (Å²) in [6.07, 6.45) is 5.19. The minimum Gasteiger partial charge on any atom is -0.507 e. The second kappa shape index (κ2) is 4.98. The molecule has 0 amide bonds. The molecule has 0 unspecified atom stereocenters. The van der Waals surface area contributed by atoms with Crippen LogP contribution in [0.3, 0.4) is 0 Å².